The van der Waals surface area contributed by atoms with Gasteiger partial charge in [-0.1, -0.05) is 49.4 Å². The number of aliphatic hydroxyl groups excluding tert-OH is 1. The van der Waals surface area contributed by atoms with E-state index in [1.54, 1.807) is 41.7 Å². The van der Waals surface area contributed by atoms with Crippen LogP contribution in [0.1, 0.15) is 36.9 Å². The van der Waals surface area contributed by atoms with Crippen LogP contribution in [-0.2, 0) is 16.1 Å². The first-order chi connectivity index (χ1) is 16.1. The van der Waals surface area contributed by atoms with E-state index in [1.807, 2.05) is 48.0 Å². The molecule has 0 radical (unpaired) electrons. The summed E-state index contributed by atoms with van der Waals surface area (Å²) in [6, 6.07) is 15.5. The number of ketones is 1. The number of imidazole rings is 1. The zero-order valence-electron chi connectivity index (χ0n) is 18.6. The second-order valence-electron chi connectivity index (χ2n) is 7.93. The van der Waals surface area contributed by atoms with Crippen molar-refractivity contribution in [2.24, 2.45) is 0 Å². The van der Waals surface area contributed by atoms with Crippen molar-refractivity contribution >= 4 is 17.4 Å². The molecule has 7 nitrogen and oxygen atoms in total. The Balaban J connectivity index is 1.68. The Labute approximate surface area is 192 Å². The third-order valence-corrected chi connectivity index (χ3v) is 5.63. The Morgan fingerprint density at radius 3 is 2.48 bits per heavy atom. The van der Waals surface area contributed by atoms with Crippen LogP contribution in [-0.4, -0.2) is 44.4 Å². The lowest BCUT2D eigenvalue weighted by Gasteiger charge is -2.25. The number of benzene rings is 2. The van der Waals surface area contributed by atoms with Gasteiger partial charge in [-0.15, -0.1) is 0 Å². The topological polar surface area (TPSA) is 84.7 Å². The van der Waals surface area contributed by atoms with E-state index in [-0.39, 0.29) is 11.3 Å². The zero-order valence-corrected chi connectivity index (χ0v) is 18.6. The van der Waals surface area contributed by atoms with Crippen LogP contribution in [0.2, 0.25) is 0 Å². The van der Waals surface area contributed by atoms with Gasteiger partial charge in [-0.3, -0.25) is 9.59 Å². The van der Waals surface area contributed by atoms with E-state index < -0.39 is 17.7 Å². The van der Waals surface area contributed by atoms with Crippen molar-refractivity contribution in [3.8, 4) is 5.75 Å². The summed E-state index contributed by atoms with van der Waals surface area (Å²) in [4.78, 5) is 31.7. The van der Waals surface area contributed by atoms with Crippen LogP contribution in [0.5, 0.6) is 5.75 Å². The van der Waals surface area contributed by atoms with Crippen molar-refractivity contribution < 1.29 is 19.4 Å². The maximum atomic E-state index is 13.1. The Morgan fingerprint density at radius 1 is 1.06 bits per heavy atom. The highest BCUT2D eigenvalue weighted by molar-refractivity contribution is 6.46. The van der Waals surface area contributed by atoms with Gasteiger partial charge in [0, 0.05) is 31.0 Å². The fraction of sp³-hybridized carbons (Fsp3) is 0.269. The van der Waals surface area contributed by atoms with Gasteiger partial charge in [0.2, 0.25) is 0 Å². The predicted molar refractivity (Wildman–Crippen MR) is 125 cm³/mol. The summed E-state index contributed by atoms with van der Waals surface area (Å²) in [7, 11) is 0. The number of carbonyl (C=O) groups excluding carboxylic acids is 2. The molecule has 1 atom stereocenters. The lowest BCUT2D eigenvalue weighted by atomic mass is 9.95. The molecule has 1 saturated heterocycles. The minimum Gasteiger partial charge on any atom is -0.507 e. The van der Waals surface area contributed by atoms with Crippen LogP contribution >= 0.6 is 0 Å². The normalized spacial score (nSPS) is 17.5. The Kier molecular flexibility index (Phi) is 6.88. The molecule has 7 heteroatoms. The van der Waals surface area contributed by atoms with Gasteiger partial charge >= 0.3 is 0 Å². The molecule has 3 aromatic rings. The van der Waals surface area contributed by atoms with Crippen LogP contribution in [0.25, 0.3) is 5.76 Å². The van der Waals surface area contributed by atoms with Gasteiger partial charge in [0.1, 0.15) is 11.5 Å². The monoisotopic (exact) mass is 445 g/mol. The molecule has 1 aliphatic heterocycles. The van der Waals surface area contributed by atoms with E-state index in [9.17, 15) is 14.7 Å². The average Bonchev–Trinajstić information content (AvgIpc) is 3.45. The number of rotatable bonds is 9. The van der Waals surface area contributed by atoms with Gasteiger partial charge in [0.15, 0.2) is 0 Å². The van der Waals surface area contributed by atoms with E-state index in [0.29, 0.717) is 31.7 Å². The molecule has 1 fully saturated rings. The first-order valence-corrected chi connectivity index (χ1v) is 11.1. The largest absolute Gasteiger partial charge is 0.507 e. The number of hydrogen-bond acceptors (Lipinski definition) is 5. The molecule has 2 aromatic carbocycles. The third kappa shape index (κ3) is 4.82. The molecule has 33 heavy (non-hydrogen) atoms. The number of aromatic nitrogens is 2. The molecule has 0 bridgehead atoms. The zero-order chi connectivity index (χ0) is 23.2. The number of aryl methyl sites for hydroxylation is 1. The lowest BCUT2D eigenvalue weighted by molar-refractivity contribution is -0.139. The van der Waals surface area contributed by atoms with Gasteiger partial charge < -0.3 is 19.3 Å². The van der Waals surface area contributed by atoms with Crippen LogP contribution in [0.15, 0.2) is 78.9 Å². The minimum absolute atomic E-state index is 0.107. The SMILES string of the molecule is CCCOc1ccc(C2C(=C(O)c3ccccc3)C(=O)C(=O)N2CCCn2ccnc2)cc1. The molecular weight excluding hydrogens is 418 g/mol. The minimum atomic E-state index is -0.673. The Hall–Kier alpha value is -3.87. The standard InChI is InChI=1S/C26H27N3O4/c1-2-17-33-21-11-9-19(10-12-21)23-22(24(30)20-7-4-3-5-8-20)25(31)26(32)29(23)15-6-14-28-16-13-27-18-28/h3-5,7-13,16,18,23,30H,2,6,14-15,17H2,1H3. The van der Waals surface area contributed by atoms with Gasteiger partial charge in [-0.05, 0) is 30.5 Å². The first-order valence-electron chi connectivity index (χ1n) is 11.1. The molecule has 0 saturated carbocycles. The molecule has 2 heterocycles. The second kappa shape index (κ2) is 10.2. The summed E-state index contributed by atoms with van der Waals surface area (Å²) >= 11 is 0. The number of carbonyl (C=O) groups is 2. The van der Waals surface area contributed by atoms with E-state index in [4.69, 9.17) is 4.74 Å². The highest BCUT2D eigenvalue weighted by atomic mass is 16.5. The highest BCUT2D eigenvalue weighted by Gasteiger charge is 2.45. The molecule has 0 spiro atoms. The maximum absolute atomic E-state index is 13.1. The van der Waals surface area contributed by atoms with Crippen molar-refractivity contribution in [1.29, 1.82) is 0 Å². The molecule has 4 rings (SSSR count). The van der Waals surface area contributed by atoms with Crippen LogP contribution in [0, 0.1) is 0 Å². The molecule has 1 aromatic heterocycles. The van der Waals surface area contributed by atoms with Gasteiger partial charge in [0.25, 0.3) is 11.7 Å². The number of likely N-dealkylation sites (tertiary alicyclic amines) is 1. The summed E-state index contributed by atoms with van der Waals surface area (Å²) in [6.45, 7) is 3.68. The number of amides is 1. The molecule has 1 amide bonds. The second-order valence-corrected chi connectivity index (χ2v) is 7.93. The van der Waals surface area contributed by atoms with Gasteiger partial charge in [-0.25, -0.2) is 4.98 Å². The van der Waals surface area contributed by atoms with Crippen molar-refractivity contribution in [1.82, 2.24) is 14.5 Å². The average molecular weight is 446 g/mol. The van der Waals surface area contributed by atoms with Gasteiger partial charge in [0.05, 0.1) is 24.5 Å². The predicted octanol–water partition coefficient (Wildman–Crippen LogP) is 4.18. The number of aliphatic hydroxyl groups is 1. The van der Waals surface area contributed by atoms with Crippen molar-refractivity contribution in [3.05, 3.63) is 90.0 Å². The summed E-state index contributed by atoms with van der Waals surface area (Å²) in [6.07, 6.45) is 6.82. The van der Waals surface area contributed by atoms with E-state index >= 15 is 0 Å². The van der Waals surface area contributed by atoms with E-state index in [2.05, 4.69) is 4.98 Å². The molecular formula is C26H27N3O4. The Morgan fingerprint density at radius 2 is 1.82 bits per heavy atom. The van der Waals surface area contributed by atoms with Crippen LogP contribution < -0.4 is 4.74 Å². The summed E-state index contributed by atoms with van der Waals surface area (Å²) in [5.41, 5.74) is 1.36. The van der Waals surface area contributed by atoms with Crippen molar-refractivity contribution in [2.75, 3.05) is 13.2 Å². The fourth-order valence-corrected chi connectivity index (χ4v) is 4.02. The molecule has 170 valence electrons. The molecule has 1 aliphatic rings. The van der Waals surface area contributed by atoms with Crippen molar-refractivity contribution in [2.45, 2.75) is 32.4 Å². The summed E-state index contributed by atoms with van der Waals surface area (Å²) in [5, 5.41) is 11.0. The summed E-state index contributed by atoms with van der Waals surface area (Å²) in [5.74, 6) is -0.715. The maximum Gasteiger partial charge on any atom is 0.295 e. The lowest BCUT2D eigenvalue weighted by Crippen LogP contribution is -2.31. The fourth-order valence-electron chi connectivity index (χ4n) is 4.02. The van der Waals surface area contributed by atoms with E-state index in [0.717, 1.165) is 17.7 Å². The number of nitrogens with zero attached hydrogens (tertiary/aromatic N) is 3. The molecule has 1 unspecified atom stereocenters. The highest BCUT2D eigenvalue weighted by Crippen LogP contribution is 2.39. The van der Waals surface area contributed by atoms with Crippen molar-refractivity contribution in [3.63, 3.8) is 0 Å². The number of Topliss-reactive ketones (excluding diaryl/α,β-unsaturated/α-hetero) is 1. The summed E-state index contributed by atoms with van der Waals surface area (Å²) < 4.78 is 7.60. The number of hydrogen-bond donors (Lipinski definition) is 1. The number of ether oxygens (including phenoxy) is 1. The molecule has 0 aliphatic carbocycles. The Bertz CT molecular complexity index is 1120. The quantitative estimate of drug-likeness (QED) is 0.303. The van der Waals surface area contributed by atoms with Crippen LogP contribution in [0.3, 0.4) is 0 Å². The van der Waals surface area contributed by atoms with Crippen LogP contribution in [0.4, 0.5) is 0 Å². The smallest absolute Gasteiger partial charge is 0.295 e. The third-order valence-electron chi connectivity index (χ3n) is 5.63. The first kappa shape index (κ1) is 22.3. The van der Waals surface area contributed by atoms with Gasteiger partial charge in [-0.2, -0.15) is 0 Å². The molecule has 1 N–H and O–H groups in total. The van der Waals surface area contributed by atoms with E-state index in [1.165, 1.54) is 0 Å².